The van der Waals surface area contributed by atoms with Crippen LogP contribution in [0.25, 0.3) is 0 Å². The fourth-order valence-electron chi connectivity index (χ4n) is 2.58. The third kappa shape index (κ3) is 5.25. The number of anilines is 1. The number of rotatable bonds is 7. The van der Waals surface area contributed by atoms with Gasteiger partial charge in [0.2, 0.25) is 15.9 Å². The first-order chi connectivity index (χ1) is 13.0. The lowest BCUT2D eigenvalue weighted by atomic mass is 10.0. The van der Waals surface area contributed by atoms with E-state index in [-0.39, 0.29) is 16.6 Å². The van der Waals surface area contributed by atoms with Crippen molar-refractivity contribution in [1.29, 1.82) is 0 Å². The highest BCUT2D eigenvalue weighted by atomic mass is 35.5. The number of halogens is 1. The molecule has 152 valence electrons. The molecule has 2 rings (SSSR count). The molecule has 0 saturated heterocycles. The summed E-state index contributed by atoms with van der Waals surface area (Å²) in [6, 6.07) is 9.10. The zero-order valence-corrected chi connectivity index (χ0v) is 18.1. The van der Waals surface area contributed by atoms with Crippen LogP contribution in [-0.2, 0) is 14.8 Å². The summed E-state index contributed by atoms with van der Waals surface area (Å²) in [5.74, 6) is -0.130. The molecule has 0 aliphatic rings. The SMILES string of the molecule is COc1ccc(C(C)C)cc1S(=O)(=O)NC(C)C(=O)Nc1cc(Cl)ccc1C. The Bertz CT molecular complexity index is 974. The van der Waals surface area contributed by atoms with Crippen molar-refractivity contribution >= 4 is 33.2 Å². The average molecular weight is 425 g/mol. The maximum atomic E-state index is 12.9. The molecule has 1 atom stereocenters. The van der Waals surface area contributed by atoms with Crippen molar-refractivity contribution < 1.29 is 17.9 Å². The molecule has 1 unspecified atom stereocenters. The molecular weight excluding hydrogens is 400 g/mol. The van der Waals surface area contributed by atoms with E-state index < -0.39 is 22.0 Å². The van der Waals surface area contributed by atoms with Gasteiger partial charge in [0.25, 0.3) is 0 Å². The van der Waals surface area contributed by atoms with Crippen LogP contribution in [0.5, 0.6) is 5.75 Å². The Morgan fingerprint density at radius 3 is 2.39 bits per heavy atom. The monoisotopic (exact) mass is 424 g/mol. The minimum Gasteiger partial charge on any atom is -0.495 e. The summed E-state index contributed by atoms with van der Waals surface area (Å²) in [7, 11) is -2.57. The highest BCUT2D eigenvalue weighted by molar-refractivity contribution is 7.89. The number of benzene rings is 2. The Hall–Kier alpha value is -2.09. The van der Waals surface area contributed by atoms with Crippen LogP contribution in [0.4, 0.5) is 5.69 Å². The predicted molar refractivity (Wildman–Crippen MR) is 112 cm³/mol. The molecule has 0 saturated carbocycles. The number of ether oxygens (including phenoxy) is 1. The van der Waals surface area contributed by atoms with Crippen LogP contribution >= 0.6 is 11.6 Å². The Morgan fingerprint density at radius 1 is 1.11 bits per heavy atom. The highest BCUT2D eigenvalue weighted by Crippen LogP contribution is 2.28. The molecule has 0 aliphatic heterocycles. The van der Waals surface area contributed by atoms with Gasteiger partial charge in [0.05, 0.1) is 13.2 Å². The number of carbonyl (C=O) groups excluding carboxylic acids is 1. The smallest absolute Gasteiger partial charge is 0.244 e. The van der Waals surface area contributed by atoms with Crippen molar-refractivity contribution in [2.45, 2.75) is 44.6 Å². The third-order valence-corrected chi connectivity index (χ3v) is 6.12. The minimum atomic E-state index is -3.98. The van der Waals surface area contributed by atoms with E-state index in [2.05, 4.69) is 10.0 Å². The predicted octanol–water partition coefficient (Wildman–Crippen LogP) is 4.09. The van der Waals surface area contributed by atoms with Crippen LogP contribution in [0.2, 0.25) is 5.02 Å². The number of aryl methyl sites for hydroxylation is 1. The highest BCUT2D eigenvalue weighted by Gasteiger charge is 2.26. The molecule has 0 radical (unpaired) electrons. The lowest BCUT2D eigenvalue weighted by Crippen LogP contribution is -2.41. The lowest BCUT2D eigenvalue weighted by molar-refractivity contribution is -0.117. The van der Waals surface area contributed by atoms with Crippen LogP contribution in [-0.4, -0.2) is 27.5 Å². The molecule has 2 aromatic rings. The molecule has 2 N–H and O–H groups in total. The summed E-state index contributed by atoms with van der Waals surface area (Å²) < 4.78 is 33.4. The van der Waals surface area contributed by atoms with Gasteiger partial charge in [-0.2, -0.15) is 4.72 Å². The van der Waals surface area contributed by atoms with Gasteiger partial charge >= 0.3 is 0 Å². The molecule has 2 aromatic carbocycles. The topological polar surface area (TPSA) is 84.5 Å². The van der Waals surface area contributed by atoms with Crippen molar-refractivity contribution in [1.82, 2.24) is 4.72 Å². The Kier molecular flexibility index (Phi) is 7.09. The van der Waals surface area contributed by atoms with Crippen LogP contribution < -0.4 is 14.8 Å². The standard InChI is InChI=1S/C20H25ClN2O4S/c1-12(2)15-7-9-18(27-5)19(10-15)28(25,26)23-14(4)20(24)22-17-11-16(21)8-6-13(17)3/h6-12,14,23H,1-5H3,(H,22,24). The molecule has 0 spiro atoms. The quantitative estimate of drug-likeness (QED) is 0.701. The Balaban J connectivity index is 2.24. The van der Waals surface area contributed by atoms with Gasteiger partial charge in [-0.25, -0.2) is 8.42 Å². The summed E-state index contributed by atoms with van der Waals surface area (Å²) in [5.41, 5.74) is 2.20. The Labute approximate surface area is 171 Å². The van der Waals surface area contributed by atoms with Crippen molar-refractivity contribution in [2.24, 2.45) is 0 Å². The fraction of sp³-hybridized carbons (Fsp3) is 0.350. The van der Waals surface area contributed by atoms with Crippen LogP contribution in [0.3, 0.4) is 0 Å². The molecular formula is C20H25ClN2O4S. The zero-order chi connectivity index (χ0) is 21.1. The minimum absolute atomic E-state index is 0.000198. The summed E-state index contributed by atoms with van der Waals surface area (Å²) in [6.07, 6.45) is 0. The molecule has 28 heavy (non-hydrogen) atoms. The first-order valence-electron chi connectivity index (χ1n) is 8.82. The van der Waals surface area contributed by atoms with E-state index in [4.69, 9.17) is 16.3 Å². The van der Waals surface area contributed by atoms with Crippen molar-refractivity contribution in [3.8, 4) is 5.75 Å². The number of carbonyl (C=O) groups is 1. The van der Waals surface area contributed by atoms with E-state index in [1.807, 2.05) is 26.8 Å². The van der Waals surface area contributed by atoms with Gasteiger partial charge in [0.15, 0.2) is 0 Å². The third-order valence-electron chi connectivity index (χ3n) is 4.33. The van der Waals surface area contributed by atoms with Crippen molar-refractivity contribution in [2.75, 3.05) is 12.4 Å². The molecule has 0 heterocycles. The van der Waals surface area contributed by atoms with E-state index in [1.165, 1.54) is 14.0 Å². The van der Waals surface area contributed by atoms with Gasteiger partial charge in [-0.15, -0.1) is 0 Å². The van der Waals surface area contributed by atoms with E-state index in [1.54, 1.807) is 30.3 Å². The second-order valence-electron chi connectivity index (χ2n) is 6.86. The maximum Gasteiger partial charge on any atom is 0.244 e. The molecule has 6 nitrogen and oxygen atoms in total. The lowest BCUT2D eigenvalue weighted by Gasteiger charge is -2.18. The average Bonchev–Trinajstić information content (AvgIpc) is 2.63. The number of hydrogen-bond donors (Lipinski definition) is 2. The van der Waals surface area contributed by atoms with Gasteiger partial charge in [0, 0.05) is 10.7 Å². The summed E-state index contributed by atoms with van der Waals surface area (Å²) in [5, 5.41) is 3.18. The van der Waals surface area contributed by atoms with E-state index >= 15 is 0 Å². The van der Waals surface area contributed by atoms with E-state index in [0.717, 1.165) is 11.1 Å². The van der Waals surface area contributed by atoms with E-state index in [9.17, 15) is 13.2 Å². The van der Waals surface area contributed by atoms with Crippen LogP contribution in [0.15, 0.2) is 41.3 Å². The van der Waals surface area contributed by atoms with E-state index in [0.29, 0.717) is 10.7 Å². The molecule has 0 aromatic heterocycles. The summed E-state index contributed by atoms with van der Waals surface area (Å²) >= 11 is 5.96. The van der Waals surface area contributed by atoms with Crippen molar-refractivity contribution in [3.63, 3.8) is 0 Å². The van der Waals surface area contributed by atoms with Crippen LogP contribution in [0, 0.1) is 6.92 Å². The number of hydrogen-bond acceptors (Lipinski definition) is 4. The zero-order valence-electron chi connectivity index (χ0n) is 16.5. The van der Waals surface area contributed by atoms with Crippen molar-refractivity contribution in [3.05, 3.63) is 52.5 Å². The second kappa shape index (κ2) is 8.94. The van der Waals surface area contributed by atoms with Gasteiger partial charge in [-0.05, 0) is 55.2 Å². The molecule has 8 heteroatoms. The maximum absolute atomic E-state index is 12.9. The second-order valence-corrected chi connectivity index (χ2v) is 8.98. The van der Waals surface area contributed by atoms with Gasteiger partial charge in [-0.1, -0.05) is 37.6 Å². The number of sulfonamides is 1. The summed E-state index contributed by atoms with van der Waals surface area (Å²) in [6.45, 7) is 7.23. The summed E-state index contributed by atoms with van der Waals surface area (Å²) in [4.78, 5) is 12.5. The van der Waals surface area contributed by atoms with Crippen LogP contribution in [0.1, 0.15) is 37.8 Å². The first kappa shape index (κ1) is 22.2. The first-order valence-corrected chi connectivity index (χ1v) is 10.7. The molecule has 0 bridgehead atoms. The molecule has 0 fully saturated rings. The fourth-order valence-corrected chi connectivity index (χ4v) is 4.16. The van der Waals surface area contributed by atoms with Gasteiger partial charge < -0.3 is 10.1 Å². The largest absolute Gasteiger partial charge is 0.495 e. The Morgan fingerprint density at radius 2 is 1.79 bits per heavy atom. The van der Waals surface area contributed by atoms with Gasteiger partial charge in [0.1, 0.15) is 10.6 Å². The molecule has 0 aliphatic carbocycles. The number of methoxy groups -OCH3 is 1. The van der Waals surface area contributed by atoms with Gasteiger partial charge in [-0.3, -0.25) is 4.79 Å². The number of nitrogens with one attached hydrogen (secondary N) is 2. The normalized spacial score (nSPS) is 12.7. The number of amides is 1. The molecule has 1 amide bonds.